The zero-order valence-electron chi connectivity index (χ0n) is 10.2. The van der Waals surface area contributed by atoms with Crippen LogP contribution in [0.3, 0.4) is 0 Å². The van der Waals surface area contributed by atoms with E-state index >= 15 is 0 Å². The van der Waals surface area contributed by atoms with Crippen LogP contribution >= 0.6 is 0 Å². The number of para-hydroxylation sites is 1. The highest BCUT2D eigenvalue weighted by molar-refractivity contribution is 5.76. The molecule has 2 rings (SSSR count). The van der Waals surface area contributed by atoms with Crippen molar-refractivity contribution in [2.75, 3.05) is 13.2 Å². The molecule has 0 unspecified atom stereocenters. The summed E-state index contributed by atoms with van der Waals surface area (Å²) >= 11 is 0. The van der Waals surface area contributed by atoms with E-state index in [0.29, 0.717) is 13.0 Å². The molecule has 1 atom stereocenters. The number of hydrogen-bond donors (Lipinski definition) is 1. The number of nitrogens with one attached hydrogen (secondary N) is 1. The zero-order valence-corrected chi connectivity index (χ0v) is 10.2. The number of benzene rings is 1. The fourth-order valence-electron chi connectivity index (χ4n) is 2.02. The number of carbonyl (C=O) groups is 1. The van der Waals surface area contributed by atoms with E-state index in [1.165, 1.54) is 0 Å². The summed E-state index contributed by atoms with van der Waals surface area (Å²) in [5.41, 5.74) is 1.02. The molecular weight excluding hydrogens is 259 g/mol. The molecule has 1 heterocycles. The lowest BCUT2D eigenvalue weighted by Gasteiger charge is -2.25. The largest absolute Gasteiger partial charge is 0.493 e. The Bertz CT molecular complexity index is 459. The van der Waals surface area contributed by atoms with Crippen molar-refractivity contribution in [2.45, 2.75) is 19.0 Å². The van der Waals surface area contributed by atoms with Gasteiger partial charge in [-0.3, -0.25) is 4.79 Å². The average Bonchev–Trinajstić information content (AvgIpc) is 2.34. The molecule has 0 aliphatic carbocycles. The molecule has 1 aliphatic heterocycles. The van der Waals surface area contributed by atoms with Crippen LogP contribution in [0.1, 0.15) is 12.0 Å². The minimum Gasteiger partial charge on any atom is -0.493 e. The van der Waals surface area contributed by atoms with Gasteiger partial charge in [0, 0.05) is 12.5 Å². The van der Waals surface area contributed by atoms with E-state index in [0.717, 1.165) is 11.3 Å². The molecule has 104 valence electrons. The predicted octanol–water partition coefficient (Wildman–Crippen LogP) is 2.31. The molecule has 0 spiro atoms. The summed E-state index contributed by atoms with van der Waals surface area (Å²) in [6, 6.07) is 7.52. The van der Waals surface area contributed by atoms with Crippen molar-refractivity contribution in [3.8, 4) is 5.75 Å². The Morgan fingerprint density at radius 1 is 1.37 bits per heavy atom. The molecule has 0 aromatic heterocycles. The second kappa shape index (κ2) is 5.50. The first-order valence-electron chi connectivity index (χ1n) is 5.98. The minimum atomic E-state index is -4.46. The number of amides is 1. The second-order valence-electron chi connectivity index (χ2n) is 4.58. The third-order valence-electron chi connectivity index (χ3n) is 2.90. The van der Waals surface area contributed by atoms with Crippen LogP contribution in [-0.4, -0.2) is 25.2 Å². The maximum atomic E-state index is 12.0. The predicted molar refractivity (Wildman–Crippen MR) is 62.8 cm³/mol. The first-order chi connectivity index (χ1) is 8.94. The summed E-state index contributed by atoms with van der Waals surface area (Å²) < 4.78 is 41.4. The van der Waals surface area contributed by atoms with Gasteiger partial charge in [-0.05, 0) is 18.1 Å². The summed E-state index contributed by atoms with van der Waals surface area (Å²) in [7, 11) is 0. The molecule has 0 saturated heterocycles. The average molecular weight is 273 g/mol. The molecule has 0 saturated carbocycles. The Hall–Kier alpha value is -1.72. The van der Waals surface area contributed by atoms with E-state index in [-0.39, 0.29) is 12.5 Å². The fraction of sp³-hybridized carbons (Fsp3) is 0.462. The first-order valence-corrected chi connectivity index (χ1v) is 5.98. The van der Waals surface area contributed by atoms with Gasteiger partial charge in [0.25, 0.3) is 0 Å². The van der Waals surface area contributed by atoms with Crippen LogP contribution < -0.4 is 10.1 Å². The minimum absolute atomic E-state index is 0.00656. The van der Waals surface area contributed by atoms with Crippen LogP contribution in [-0.2, 0) is 11.2 Å². The van der Waals surface area contributed by atoms with Gasteiger partial charge in [-0.2, -0.15) is 13.2 Å². The zero-order chi connectivity index (χ0) is 13.9. The molecule has 19 heavy (non-hydrogen) atoms. The highest BCUT2D eigenvalue weighted by Gasteiger charge is 2.31. The van der Waals surface area contributed by atoms with E-state index in [1.807, 2.05) is 24.3 Å². The van der Waals surface area contributed by atoms with Crippen LogP contribution in [0, 0.1) is 5.92 Å². The molecular formula is C13H14F3NO2. The highest BCUT2D eigenvalue weighted by atomic mass is 19.4. The summed E-state index contributed by atoms with van der Waals surface area (Å²) in [6.45, 7) is 0.604. The van der Waals surface area contributed by atoms with Gasteiger partial charge < -0.3 is 10.1 Å². The van der Waals surface area contributed by atoms with Gasteiger partial charge in [0.15, 0.2) is 0 Å². The quantitative estimate of drug-likeness (QED) is 0.917. The molecule has 0 bridgehead atoms. The van der Waals surface area contributed by atoms with Gasteiger partial charge in [0.05, 0.1) is 6.61 Å². The van der Waals surface area contributed by atoms with Crippen LogP contribution in [0.2, 0.25) is 0 Å². The van der Waals surface area contributed by atoms with Gasteiger partial charge in [0.1, 0.15) is 12.2 Å². The number of carbonyl (C=O) groups excluding carboxylic acids is 1. The smallest absolute Gasteiger partial charge is 0.397 e. The van der Waals surface area contributed by atoms with Gasteiger partial charge in [-0.25, -0.2) is 0 Å². The SMILES string of the molecule is O=C(CC(F)(F)F)NC[C@H]1COc2ccccc2C1. The summed E-state index contributed by atoms with van der Waals surface area (Å²) in [4.78, 5) is 11.1. The van der Waals surface area contributed by atoms with E-state index in [2.05, 4.69) is 5.32 Å². The topological polar surface area (TPSA) is 38.3 Å². The van der Waals surface area contributed by atoms with Gasteiger partial charge in [0.2, 0.25) is 5.91 Å². The Balaban J connectivity index is 1.81. The number of ether oxygens (including phenoxy) is 1. The number of hydrogen-bond acceptors (Lipinski definition) is 2. The molecule has 1 N–H and O–H groups in total. The van der Waals surface area contributed by atoms with Crippen molar-refractivity contribution in [1.82, 2.24) is 5.32 Å². The monoisotopic (exact) mass is 273 g/mol. The number of rotatable bonds is 3. The van der Waals surface area contributed by atoms with Gasteiger partial charge in [-0.15, -0.1) is 0 Å². The third kappa shape index (κ3) is 4.15. The van der Waals surface area contributed by atoms with Crippen molar-refractivity contribution < 1.29 is 22.7 Å². The normalized spacial score (nSPS) is 18.4. The first kappa shape index (κ1) is 13.7. The molecule has 1 aromatic carbocycles. The number of halogens is 3. The van der Waals surface area contributed by atoms with E-state index < -0.39 is 18.5 Å². The van der Waals surface area contributed by atoms with Crippen molar-refractivity contribution >= 4 is 5.91 Å². The third-order valence-corrected chi connectivity index (χ3v) is 2.90. The molecule has 0 radical (unpaired) electrons. The lowest BCUT2D eigenvalue weighted by Crippen LogP contribution is -2.36. The van der Waals surface area contributed by atoms with Crippen LogP contribution in [0.25, 0.3) is 0 Å². The van der Waals surface area contributed by atoms with Crippen LogP contribution in [0.15, 0.2) is 24.3 Å². The molecule has 6 heteroatoms. The Kier molecular flexibility index (Phi) is 3.97. The van der Waals surface area contributed by atoms with Crippen molar-refractivity contribution in [3.05, 3.63) is 29.8 Å². The van der Waals surface area contributed by atoms with Crippen LogP contribution in [0.4, 0.5) is 13.2 Å². The summed E-state index contributed by atoms with van der Waals surface area (Å²) in [5, 5.41) is 2.30. The summed E-state index contributed by atoms with van der Waals surface area (Å²) in [5.74, 6) is -0.182. The van der Waals surface area contributed by atoms with Crippen molar-refractivity contribution in [3.63, 3.8) is 0 Å². The fourth-order valence-corrected chi connectivity index (χ4v) is 2.02. The van der Waals surface area contributed by atoms with Gasteiger partial charge in [-0.1, -0.05) is 18.2 Å². The van der Waals surface area contributed by atoms with Gasteiger partial charge >= 0.3 is 6.18 Å². The molecule has 1 aromatic rings. The summed E-state index contributed by atoms with van der Waals surface area (Å²) in [6.07, 6.45) is -5.20. The standard InChI is InChI=1S/C13H14F3NO2/c14-13(15,16)6-12(18)17-7-9-5-10-3-1-2-4-11(10)19-8-9/h1-4,9H,5-8H2,(H,17,18)/t9-/m0/s1. The van der Waals surface area contributed by atoms with Crippen molar-refractivity contribution in [2.24, 2.45) is 5.92 Å². The maximum absolute atomic E-state index is 12.0. The van der Waals surface area contributed by atoms with E-state index in [4.69, 9.17) is 4.74 Å². The second-order valence-corrected chi connectivity index (χ2v) is 4.58. The molecule has 0 fully saturated rings. The highest BCUT2D eigenvalue weighted by Crippen LogP contribution is 2.26. The molecule has 1 amide bonds. The number of alkyl halides is 3. The lowest BCUT2D eigenvalue weighted by molar-refractivity contribution is -0.153. The molecule has 3 nitrogen and oxygen atoms in total. The van der Waals surface area contributed by atoms with Crippen LogP contribution in [0.5, 0.6) is 5.75 Å². The Morgan fingerprint density at radius 3 is 2.84 bits per heavy atom. The Labute approximate surface area is 108 Å². The lowest BCUT2D eigenvalue weighted by atomic mass is 9.97. The Morgan fingerprint density at radius 2 is 2.11 bits per heavy atom. The maximum Gasteiger partial charge on any atom is 0.397 e. The van der Waals surface area contributed by atoms with Crippen molar-refractivity contribution in [1.29, 1.82) is 0 Å². The number of fused-ring (bicyclic) bond motifs is 1. The molecule has 1 aliphatic rings. The van der Waals surface area contributed by atoms with E-state index in [9.17, 15) is 18.0 Å². The van der Waals surface area contributed by atoms with E-state index in [1.54, 1.807) is 0 Å².